The number of aryl methyl sites for hydroxylation is 1. The second-order valence-corrected chi connectivity index (χ2v) is 7.88. The van der Waals surface area contributed by atoms with Gasteiger partial charge in [-0.25, -0.2) is 4.79 Å². The zero-order valence-corrected chi connectivity index (χ0v) is 17.9. The number of ether oxygens (including phenoxy) is 1. The van der Waals surface area contributed by atoms with Crippen LogP contribution in [-0.4, -0.2) is 34.6 Å². The number of hydrogen-bond acceptors (Lipinski definition) is 3. The molecule has 0 aliphatic carbocycles. The lowest BCUT2D eigenvalue weighted by molar-refractivity contribution is -0.117. The van der Waals surface area contributed by atoms with Gasteiger partial charge in [-0.05, 0) is 44.4 Å². The van der Waals surface area contributed by atoms with Crippen LogP contribution in [0, 0.1) is 0 Å². The number of para-hydroxylation sites is 1. The van der Waals surface area contributed by atoms with Crippen molar-refractivity contribution < 1.29 is 14.3 Å². The molecule has 0 saturated heterocycles. The lowest BCUT2D eigenvalue weighted by atomic mass is 10.1. The number of amides is 1. The molecule has 2 aromatic carbocycles. The summed E-state index contributed by atoms with van der Waals surface area (Å²) < 4.78 is 7.01. The minimum absolute atomic E-state index is 0.321. The summed E-state index contributed by atoms with van der Waals surface area (Å²) in [5.74, 6) is 0. The van der Waals surface area contributed by atoms with Crippen molar-refractivity contribution in [1.82, 2.24) is 9.47 Å². The van der Waals surface area contributed by atoms with Gasteiger partial charge in [-0.15, -0.1) is 0 Å². The summed E-state index contributed by atoms with van der Waals surface area (Å²) in [7, 11) is 1.76. The van der Waals surface area contributed by atoms with Gasteiger partial charge in [-0.1, -0.05) is 55.5 Å². The van der Waals surface area contributed by atoms with Gasteiger partial charge in [0.25, 0.3) is 0 Å². The van der Waals surface area contributed by atoms with Crippen molar-refractivity contribution in [2.75, 3.05) is 7.05 Å². The van der Waals surface area contributed by atoms with Gasteiger partial charge in [0, 0.05) is 25.2 Å². The average molecular weight is 395 g/mol. The molecule has 0 spiro atoms. The SMILES string of the molecule is CCc1cn(C(=O)OC(C)(C)C)c2ccccc12.CN(C=O)Cc1ccccc1. The molecular weight excluding hydrogens is 364 g/mol. The summed E-state index contributed by atoms with van der Waals surface area (Å²) in [4.78, 5) is 24.0. The smallest absolute Gasteiger partial charge is 0.419 e. The Kier molecular flexibility index (Phi) is 7.59. The minimum atomic E-state index is -0.477. The van der Waals surface area contributed by atoms with Gasteiger partial charge in [0.1, 0.15) is 5.60 Å². The van der Waals surface area contributed by atoms with Crippen LogP contribution in [0.4, 0.5) is 4.79 Å². The molecule has 1 aromatic heterocycles. The monoisotopic (exact) mass is 394 g/mol. The summed E-state index contributed by atoms with van der Waals surface area (Å²) in [6.45, 7) is 8.39. The highest BCUT2D eigenvalue weighted by molar-refractivity contribution is 5.92. The summed E-state index contributed by atoms with van der Waals surface area (Å²) in [6.07, 6.45) is 3.28. The van der Waals surface area contributed by atoms with E-state index in [0.717, 1.165) is 34.9 Å². The Labute approximate surface area is 172 Å². The third-order valence-electron chi connectivity index (χ3n) is 4.22. The molecule has 1 amide bonds. The molecule has 0 atom stereocenters. The number of benzene rings is 2. The largest absolute Gasteiger partial charge is 0.443 e. The maximum atomic E-state index is 12.1. The van der Waals surface area contributed by atoms with Gasteiger partial charge in [-0.2, -0.15) is 0 Å². The van der Waals surface area contributed by atoms with Gasteiger partial charge in [0.2, 0.25) is 6.41 Å². The Morgan fingerprint density at radius 2 is 1.69 bits per heavy atom. The molecule has 0 radical (unpaired) electrons. The van der Waals surface area contributed by atoms with E-state index in [-0.39, 0.29) is 6.09 Å². The van der Waals surface area contributed by atoms with E-state index in [9.17, 15) is 9.59 Å². The van der Waals surface area contributed by atoms with Crippen molar-refractivity contribution in [1.29, 1.82) is 0 Å². The molecule has 0 N–H and O–H groups in total. The Balaban J connectivity index is 0.000000234. The van der Waals surface area contributed by atoms with Crippen molar-refractivity contribution in [2.24, 2.45) is 0 Å². The molecule has 154 valence electrons. The molecule has 0 saturated carbocycles. The molecule has 0 unspecified atom stereocenters. The molecule has 3 rings (SSSR count). The van der Waals surface area contributed by atoms with Gasteiger partial charge in [0.05, 0.1) is 5.52 Å². The van der Waals surface area contributed by atoms with Crippen molar-refractivity contribution in [2.45, 2.75) is 46.3 Å². The van der Waals surface area contributed by atoms with Crippen LogP contribution in [0.1, 0.15) is 38.8 Å². The number of aromatic nitrogens is 1. The van der Waals surface area contributed by atoms with Crippen LogP contribution < -0.4 is 0 Å². The summed E-state index contributed by atoms with van der Waals surface area (Å²) in [6, 6.07) is 17.8. The molecule has 1 heterocycles. The van der Waals surface area contributed by atoms with E-state index in [1.54, 1.807) is 16.5 Å². The topological polar surface area (TPSA) is 51.5 Å². The Morgan fingerprint density at radius 1 is 1.07 bits per heavy atom. The minimum Gasteiger partial charge on any atom is -0.443 e. The Morgan fingerprint density at radius 3 is 2.28 bits per heavy atom. The molecule has 0 bridgehead atoms. The van der Waals surface area contributed by atoms with Gasteiger partial charge in [0.15, 0.2) is 0 Å². The van der Waals surface area contributed by atoms with Crippen LogP contribution in [0.25, 0.3) is 10.9 Å². The maximum Gasteiger partial charge on any atom is 0.419 e. The number of fused-ring (bicyclic) bond motifs is 1. The lowest BCUT2D eigenvalue weighted by Crippen LogP contribution is -2.26. The van der Waals surface area contributed by atoms with Crippen molar-refractivity contribution in [3.8, 4) is 0 Å². The summed E-state index contributed by atoms with van der Waals surface area (Å²) in [5.41, 5.74) is 2.75. The molecule has 3 aromatic rings. The second kappa shape index (κ2) is 9.92. The van der Waals surface area contributed by atoms with Crippen LogP contribution in [-0.2, 0) is 22.5 Å². The van der Waals surface area contributed by atoms with Crippen molar-refractivity contribution in [3.63, 3.8) is 0 Å². The quantitative estimate of drug-likeness (QED) is 0.567. The molecule has 0 aliphatic heterocycles. The Bertz CT molecular complexity index is 940. The van der Waals surface area contributed by atoms with E-state index < -0.39 is 5.60 Å². The van der Waals surface area contributed by atoms with Crippen LogP contribution in [0.3, 0.4) is 0 Å². The predicted molar refractivity (Wildman–Crippen MR) is 117 cm³/mol. The van der Waals surface area contributed by atoms with Crippen LogP contribution >= 0.6 is 0 Å². The second-order valence-electron chi connectivity index (χ2n) is 7.88. The molecule has 0 aliphatic rings. The van der Waals surface area contributed by atoms with Crippen LogP contribution in [0.15, 0.2) is 60.8 Å². The molecule has 0 fully saturated rings. The number of hydrogen-bond donors (Lipinski definition) is 0. The first-order valence-corrected chi connectivity index (χ1v) is 9.77. The van der Waals surface area contributed by atoms with Gasteiger partial charge >= 0.3 is 6.09 Å². The summed E-state index contributed by atoms with van der Waals surface area (Å²) >= 11 is 0. The highest BCUT2D eigenvalue weighted by Gasteiger charge is 2.20. The van der Waals surface area contributed by atoms with E-state index >= 15 is 0 Å². The van der Waals surface area contributed by atoms with Crippen LogP contribution in [0.5, 0.6) is 0 Å². The number of carbonyl (C=O) groups excluding carboxylic acids is 2. The summed E-state index contributed by atoms with van der Waals surface area (Å²) in [5, 5.41) is 1.12. The molecule has 29 heavy (non-hydrogen) atoms. The zero-order chi connectivity index (χ0) is 21.4. The van der Waals surface area contributed by atoms with Crippen molar-refractivity contribution in [3.05, 3.63) is 71.9 Å². The third-order valence-corrected chi connectivity index (χ3v) is 4.22. The average Bonchev–Trinajstić information content (AvgIpc) is 3.07. The van der Waals surface area contributed by atoms with Crippen molar-refractivity contribution >= 4 is 23.4 Å². The number of nitrogens with zero attached hydrogens (tertiary/aromatic N) is 2. The maximum absolute atomic E-state index is 12.1. The van der Waals surface area contributed by atoms with Crippen LogP contribution in [0.2, 0.25) is 0 Å². The van der Waals surface area contributed by atoms with E-state index in [1.165, 1.54) is 0 Å². The molecule has 5 heteroatoms. The van der Waals surface area contributed by atoms with E-state index in [1.807, 2.05) is 81.6 Å². The number of rotatable bonds is 4. The first-order chi connectivity index (χ1) is 13.7. The molecule has 5 nitrogen and oxygen atoms in total. The first-order valence-electron chi connectivity index (χ1n) is 9.77. The number of carbonyl (C=O) groups is 2. The first kappa shape index (κ1) is 22.2. The standard InChI is InChI=1S/C15H19NO2.C9H11NO/c1-5-11-10-16(14(17)18-15(2,3)4)13-9-7-6-8-12(11)13;1-10(8-11)7-9-5-3-2-4-6-9/h6-10H,5H2,1-4H3;2-6,8H,7H2,1H3. The third kappa shape index (κ3) is 6.49. The lowest BCUT2D eigenvalue weighted by Gasteiger charge is -2.19. The zero-order valence-electron chi connectivity index (χ0n) is 17.9. The van der Waals surface area contributed by atoms with E-state index in [0.29, 0.717) is 6.54 Å². The predicted octanol–water partition coefficient (Wildman–Crippen LogP) is 5.26. The fourth-order valence-corrected chi connectivity index (χ4v) is 2.90. The highest BCUT2D eigenvalue weighted by atomic mass is 16.6. The van der Waals surface area contributed by atoms with Gasteiger partial charge in [-0.3, -0.25) is 9.36 Å². The van der Waals surface area contributed by atoms with E-state index in [4.69, 9.17) is 4.74 Å². The fourth-order valence-electron chi connectivity index (χ4n) is 2.90. The normalized spacial score (nSPS) is 10.8. The fraction of sp³-hybridized carbons (Fsp3) is 0.333. The van der Waals surface area contributed by atoms with E-state index in [2.05, 4.69) is 6.92 Å². The molecular formula is C24H30N2O3. The van der Waals surface area contributed by atoms with Gasteiger partial charge < -0.3 is 9.64 Å². The highest BCUT2D eigenvalue weighted by Crippen LogP contribution is 2.23. The Hall–Kier alpha value is -3.08.